The molecule has 2 aromatic rings. The Morgan fingerprint density at radius 1 is 1.38 bits per heavy atom. The van der Waals surface area contributed by atoms with Gasteiger partial charge in [-0.3, -0.25) is 0 Å². The first kappa shape index (κ1) is 24.1. The van der Waals surface area contributed by atoms with E-state index in [0.29, 0.717) is 13.1 Å². The number of halogens is 1. The topological polar surface area (TPSA) is 87.4 Å². The molecule has 0 radical (unpaired) electrons. The first-order chi connectivity index (χ1) is 13.5. The van der Waals surface area contributed by atoms with Gasteiger partial charge in [0, 0.05) is 30.4 Å². The second-order valence-corrected chi connectivity index (χ2v) is 8.94. The van der Waals surface area contributed by atoms with Crippen LogP contribution in [0.15, 0.2) is 22.5 Å². The smallest absolute Gasteiger partial charge is 0.191 e. The largest absolute Gasteiger partial charge is 0.392 e. The highest BCUT2D eigenvalue weighted by atomic mass is 127. The highest BCUT2D eigenvalue weighted by Gasteiger charge is 2.35. The standard InChI is InChI=1S/C20H32N6OS.HI/c1-15-24-25-18(26(15)3)13-22-19(21-11-9-16-7-6-12-28-16)23-14-20(2)10-5-4-8-17(20)27;/h6-7,12,17,27H,4-5,8-11,13-14H2,1-3H3,(H2,21,22,23);1H. The minimum absolute atomic E-state index is 0. The number of aliphatic hydroxyl groups is 1. The SMILES string of the molecule is Cc1nnc(CN=C(NCCc2cccs2)NCC2(C)CCCCC2O)n1C.I. The number of thiophene rings is 1. The summed E-state index contributed by atoms with van der Waals surface area (Å²) in [4.78, 5) is 6.07. The van der Waals surface area contributed by atoms with Crippen molar-refractivity contribution in [3.8, 4) is 0 Å². The van der Waals surface area contributed by atoms with Gasteiger partial charge in [-0.1, -0.05) is 25.8 Å². The summed E-state index contributed by atoms with van der Waals surface area (Å²) in [6.07, 6.45) is 4.90. The summed E-state index contributed by atoms with van der Waals surface area (Å²) in [5, 5.41) is 27.8. The molecule has 0 amide bonds. The molecule has 0 saturated heterocycles. The minimum atomic E-state index is -0.262. The van der Waals surface area contributed by atoms with E-state index in [1.807, 2.05) is 18.5 Å². The Bertz CT molecular complexity index is 778. The second kappa shape index (κ2) is 11.3. The van der Waals surface area contributed by atoms with Crippen molar-refractivity contribution in [2.24, 2.45) is 17.5 Å². The third-order valence-electron chi connectivity index (χ3n) is 5.74. The Kier molecular flexibility index (Phi) is 9.35. The predicted molar refractivity (Wildman–Crippen MR) is 129 cm³/mol. The Morgan fingerprint density at radius 2 is 2.21 bits per heavy atom. The first-order valence-electron chi connectivity index (χ1n) is 10.1. The van der Waals surface area contributed by atoms with E-state index in [1.54, 1.807) is 11.3 Å². The molecule has 2 heterocycles. The quantitative estimate of drug-likeness (QED) is 0.290. The number of aryl methyl sites for hydroxylation is 1. The summed E-state index contributed by atoms with van der Waals surface area (Å²) in [6.45, 7) is 6.08. The van der Waals surface area contributed by atoms with Crippen molar-refractivity contribution in [2.45, 2.75) is 58.6 Å². The minimum Gasteiger partial charge on any atom is -0.392 e. The van der Waals surface area contributed by atoms with Gasteiger partial charge >= 0.3 is 0 Å². The zero-order valence-electron chi connectivity index (χ0n) is 17.5. The Balaban J connectivity index is 0.00000300. The summed E-state index contributed by atoms with van der Waals surface area (Å²) in [5.74, 6) is 2.47. The lowest BCUT2D eigenvalue weighted by atomic mass is 9.73. The molecule has 0 aliphatic heterocycles. The molecular formula is C20H33IN6OS. The van der Waals surface area contributed by atoms with Crippen LogP contribution in [0.4, 0.5) is 0 Å². The molecule has 1 fully saturated rings. The van der Waals surface area contributed by atoms with Gasteiger partial charge in [-0.2, -0.15) is 0 Å². The number of aliphatic hydroxyl groups excluding tert-OH is 1. The van der Waals surface area contributed by atoms with Crippen molar-refractivity contribution in [3.63, 3.8) is 0 Å². The number of nitrogens with zero attached hydrogens (tertiary/aromatic N) is 4. The lowest BCUT2D eigenvalue weighted by molar-refractivity contribution is 0.00397. The summed E-state index contributed by atoms with van der Waals surface area (Å²) >= 11 is 1.77. The number of rotatable bonds is 7. The normalized spacial score (nSPS) is 22.2. The number of hydrogen-bond acceptors (Lipinski definition) is 5. The number of nitrogens with one attached hydrogen (secondary N) is 2. The molecule has 1 saturated carbocycles. The Hall–Kier alpha value is -1.20. The van der Waals surface area contributed by atoms with Crippen LogP contribution in [0.3, 0.4) is 0 Å². The summed E-state index contributed by atoms with van der Waals surface area (Å²) < 4.78 is 1.96. The van der Waals surface area contributed by atoms with Crippen molar-refractivity contribution < 1.29 is 5.11 Å². The molecule has 29 heavy (non-hydrogen) atoms. The average molecular weight is 532 g/mol. The Labute approximate surface area is 194 Å². The van der Waals surface area contributed by atoms with Crippen LogP contribution < -0.4 is 10.6 Å². The van der Waals surface area contributed by atoms with E-state index in [9.17, 15) is 5.11 Å². The molecule has 7 nitrogen and oxygen atoms in total. The van der Waals surface area contributed by atoms with Crippen molar-refractivity contribution in [2.75, 3.05) is 13.1 Å². The van der Waals surface area contributed by atoms with E-state index in [2.05, 4.69) is 45.3 Å². The molecular weight excluding hydrogens is 499 g/mol. The maximum absolute atomic E-state index is 10.5. The average Bonchev–Trinajstić information content (AvgIpc) is 3.31. The van der Waals surface area contributed by atoms with Crippen molar-refractivity contribution in [1.29, 1.82) is 0 Å². The van der Waals surface area contributed by atoms with Crippen molar-refractivity contribution in [3.05, 3.63) is 34.0 Å². The highest BCUT2D eigenvalue weighted by Crippen LogP contribution is 2.35. The summed E-state index contributed by atoms with van der Waals surface area (Å²) in [7, 11) is 1.96. The van der Waals surface area contributed by atoms with E-state index in [-0.39, 0.29) is 35.5 Å². The van der Waals surface area contributed by atoms with Gasteiger partial charge in [0.1, 0.15) is 12.4 Å². The van der Waals surface area contributed by atoms with Gasteiger partial charge in [-0.25, -0.2) is 4.99 Å². The van der Waals surface area contributed by atoms with Gasteiger partial charge < -0.3 is 20.3 Å². The number of aromatic nitrogens is 3. The molecule has 0 aromatic carbocycles. The zero-order valence-corrected chi connectivity index (χ0v) is 20.7. The van der Waals surface area contributed by atoms with Gasteiger partial charge in [0.25, 0.3) is 0 Å². The molecule has 1 aliphatic rings. The van der Waals surface area contributed by atoms with Crippen LogP contribution in [-0.4, -0.2) is 45.0 Å². The lowest BCUT2D eigenvalue weighted by Gasteiger charge is -2.38. The fourth-order valence-electron chi connectivity index (χ4n) is 3.55. The fraction of sp³-hybridized carbons (Fsp3) is 0.650. The van der Waals surface area contributed by atoms with Crippen molar-refractivity contribution in [1.82, 2.24) is 25.4 Å². The molecule has 2 aromatic heterocycles. The first-order valence-corrected chi connectivity index (χ1v) is 10.9. The van der Waals surface area contributed by atoms with Crippen LogP contribution in [0, 0.1) is 12.3 Å². The van der Waals surface area contributed by atoms with Crippen LogP contribution in [0.5, 0.6) is 0 Å². The monoisotopic (exact) mass is 532 g/mol. The van der Waals surface area contributed by atoms with Crippen molar-refractivity contribution >= 4 is 41.3 Å². The maximum atomic E-state index is 10.5. The summed E-state index contributed by atoms with van der Waals surface area (Å²) in [5.41, 5.74) is -0.115. The second-order valence-electron chi connectivity index (χ2n) is 7.91. The predicted octanol–water partition coefficient (Wildman–Crippen LogP) is 3.02. The van der Waals surface area contributed by atoms with Crippen LogP contribution in [0.25, 0.3) is 0 Å². The Morgan fingerprint density at radius 3 is 2.86 bits per heavy atom. The van der Waals surface area contributed by atoms with E-state index < -0.39 is 0 Å². The third-order valence-corrected chi connectivity index (χ3v) is 6.68. The molecule has 0 spiro atoms. The number of aliphatic imine (C=N–C) groups is 1. The zero-order chi connectivity index (χ0) is 20.0. The molecule has 2 unspecified atom stereocenters. The molecule has 1 aliphatic carbocycles. The highest BCUT2D eigenvalue weighted by molar-refractivity contribution is 14.0. The molecule has 3 rings (SSSR count). The van der Waals surface area contributed by atoms with Gasteiger partial charge in [0.2, 0.25) is 0 Å². The third kappa shape index (κ3) is 6.65. The van der Waals surface area contributed by atoms with Crippen LogP contribution in [0.2, 0.25) is 0 Å². The lowest BCUT2D eigenvalue weighted by Crippen LogP contribution is -2.48. The van der Waals surface area contributed by atoms with Crippen LogP contribution in [-0.2, 0) is 20.0 Å². The molecule has 2 atom stereocenters. The van der Waals surface area contributed by atoms with Crippen LogP contribution >= 0.6 is 35.3 Å². The molecule has 9 heteroatoms. The molecule has 162 valence electrons. The van der Waals surface area contributed by atoms with E-state index >= 15 is 0 Å². The van der Waals surface area contributed by atoms with Gasteiger partial charge in [0.05, 0.1) is 6.10 Å². The number of guanidine groups is 1. The van der Waals surface area contributed by atoms with Gasteiger partial charge in [-0.05, 0) is 37.6 Å². The molecule has 3 N–H and O–H groups in total. The fourth-order valence-corrected chi connectivity index (χ4v) is 4.25. The van der Waals surface area contributed by atoms with E-state index in [0.717, 1.165) is 49.8 Å². The molecule has 0 bridgehead atoms. The van der Waals surface area contributed by atoms with Crippen LogP contribution in [0.1, 0.15) is 49.1 Å². The maximum Gasteiger partial charge on any atom is 0.191 e. The van der Waals surface area contributed by atoms with Gasteiger partial charge in [-0.15, -0.1) is 45.5 Å². The van der Waals surface area contributed by atoms with E-state index in [1.165, 1.54) is 11.3 Å². The number of hydrogen-bond donors (Lipinski definition) is 3. The summed E-state index contributed by atoms with van der Waals surface area (Å²) in [6, 6.07) is 4.23. The van der Waals surface area contributed by atoms with E-state index in [4.69, 9.17) is 4.99 Å². The van der Waals surface area contributed by atoms with Gasteiger partial charge in [0.15, 0.2) is 11.8 Å².